The molecule has 0 unspecified atom stereocenters. The van der Waals surface area contributed by atoms with Crippen LogP contribution in [0.4, 0.5) is 0 Å². The normalized spacial score (nSPS) is 12.9. The van der Waals surface area contributed by atoms with Gasteiger partial charge in [-0.2, -0.15) is 5.26 Å². The van der Waals surface area contributed by atoms with Crippen LogP contribution in [0.2, 0.25) is 0 Å². The van der Waals surface area contributed by atoms with Crippen LogP contribution >= 0.6 is 0 Å². The standard InChI is InChI=1S/C65H62N4/c1-62(2,3)43-33-44(63(4,5)6)36-48(35-43)68-55-25-19-17-23-53(55)59-57(68)29-27-51-50-26-28-56-58(60(50)69(61(51)59)49-37-45(64(7,8)9)34-46(38-49)65(10,11)12)52-22-16-18-24-54(52)67(56)47-31-40(39-66)30-42(32-47)41-20-14-13-15-21-41/h13-38H,1-12H3. The average molecular weight is 899 g/mol. The Morgan fingerprint density at radius 1 is 0.333 bits per heavy atom. The summed E-state index contributed by atoms with van der Waals surface area (Å²) in [5.74, 6) is 0. The molecule has 0 aliphatic carbocycles. The third-order valence-corrected chi connectivity index (χ3v) is 14.6. The second-order valence-corrected chi connectivity index (χ2v) is 23.5. The zero-order chi connectivity index (χ0) is 48.5. The first-order valence-electron chi connectivity index (χ1n) is 24.6. The quantitative estimate of drug-likeness (QED) is 0.173. The van der Waals surface area contributed by atoms with Gasteiger partial charge in [0.2, 0.25) is 0 Å². The molecule has 0 atom stereocenters. The summed E-state index contributed by atoms with van der Waals surface area (Å²) in [6, 6.07) is 61.0. The highest BCUT2D eigenvalue weighted by Crippen LogP contribution is 2.48. The van der Waals surface area contributed by atoms with Crippen LogP contribution in [0, 0.1) is 11.3 Å². The van der Waals surface area contributed by atoms with Gasteiger partial charge in [-0.1, -0.05) is 174 Å². The Bertz CT molecular complexity index is 3860. The molecule has 4 heteroatoms. The van der Waals surface area contributed by atoms with Crippen LogP contribution in [0.3, 0.4) is 0 Å². The third-order valence-electron chi connectivity index (χ3n) is 14.6. The van der Waals surface area contributed by atoms with E-state index in [9.17, 15) is 5.26 Å². The van der Waals surface area contributed by atoms with Gasteiger partial charge in [0.15, 0.2) is 0 Å². The summed E-state index contributed by atoms with van der Waals surface area (Å²) in [5, 5.41) is 17.7. The lowest BCUT2D eigenvalue weighted by molar-refractivity contribution is 0.567. The Labute approximate surface area is 407 Å². The van der Waals surface area contributed by atoms with Crippen LogP contribution in [0.15, 0.2) is 158 Å². The zero-order valence-electron chi connectivity index (χ0n) is 42.3. The largest absolute Gasteiger partial charge is 0.309 e. The number of nitrogens with zero attached hydrogens (tertiary/aromatic N) is 4. The van der Waals surface area contributed by atoms with Gasteiger partial charge in [0.1, 0.15) is 0 Å². The Morgan fingerprint density at radius 3 is 1.14 bits per heavy atom. The van der Waals surface area contributed by atoms with Crippen molar-refractivity contribution in [2.45, 2.75) is 105 Å². The Kier molecular flexibility index (Phi) is 9.81. The molecule has 0 spiro atoms. The molecule has 0 aliphatic heterocycles. The van der Waals surface area contributed by atoms with E-state index in [2.05, 4.69) is 242 Å². The summed E-state index contributed by atoms with van der Waals surface area (Å²) in [4.78, 5) is 0. The predicted molar refractivity (Wildman–Crippen MR) is 294 cm³/mol. The Hall–Kier alpha value is -7.35. The Morgan fingerprint density at radius 2 is 0.725 bits per heavy atom. The average Bonchev–Trinajstić information content (AvgIpc) is 3.96. The fourth-order valence-electron chi connectivity index (χ4n) is 10.7. The van der Waals surface area contributed by atoms with E-state index in [1.54, 1.807) is 0 Å². The van der Waals surface area contributed by atoms with Crippen LogP contribution in [-0.4, -0.2) is 13.7 Å². The van der Waals surface area contributed by atoms with Crippen molar-refractivity contribution in [2.75, 3.05) is 0 Å². The highest BCUT2D eigenvalue weighted by Gasteiger charge is 2.29. The highest BCUT2D eigenvalue weighted by molar-refractivity contribution is 6.31. The SMILES string of the molecule is CC(C)(C)c1cc(-n2c3ccccc3c3c2ccc2c4ccc5c(c6ccccc6n5-c5cc(C#N)cc(-c6ccccc6)c5)c4n(-c4cc(C(C)(C)C)cc(C(C)(C)C)c4)c23)cc(C(C)(C)C)c1. The molecule has 0 amide bonds. The van der Waals surface area contributed by atoms with Gasteiger partial charge in [-0.15, -0.1) is 0 Å². The fourth-order valence-corrected chi connectivity index (χ4v) is 10.7. The van der Waals surface area contributed by atoms with E-state index in [4.69, 9.17) is 0 Å². The molecule has 0 saturated carbocycles. The van der Waals surface area contributed by atoms with Crippen molar-refractivity contribution < 1.29 is 0 Å². The predicted octanol–water partition coefficient (Wildman–Crippen LogP) is 17.7. The number of aromatic nitrogens is 3. The van der Waals surface area contributed by atoms with Crippen molar-refractivity contribution in [3.05, 3.63) is 186 Å². The second-order valence-electron chi connectivity index (χ2n) is 23.5. The maximum atomic E-state index is 10.5. The third kappa shape index (κ3) is 7.16. The van der Waals surface area contributed by atoms with Gasteiger partial charge in [-0.3, -0.25) is 0 Å². The molecule has 0 radical (unpaired) electrons. The van der Waals surface area contributed by atoms with Gasteiger partial charge < -0.3 is 13.7 Å². The number of fused-ring (bicyclic) bond motifs is 11. The number of benzene rings is 8. The zero-order valence-corrected chi connectivity index (χ0v) is 42.3. The van der Waals surface area contributed by atoms with Crippen LogP contribution in [0.25, 0.3) is 93.6 Å². The van der Waals surface area contributed by atoms with Crippen molar-refractivity contribution in [3.63, 3.8) is 0 Å². The van der Waals surface area contributed by atoms with Crippen molar-refractivity contribution in [2.24, 2.45) is 0 Å². The van der Waals surface area contributed by atoms with E-state index in [0.717, 1.165) is 33.5 Å². The van der Waals surface area contributed by atoms with Crippen molar-refractivity contribution in [1.82, 2.24) is 13.7 Å². The lowest BCUT2D eigenvalue weighted by Crippen LogP contribution is -2.17. The number of nitriles is 1. The molecule has 4 nitrogen and oxygen atoms in total. The molecule has 11 aromatic rings. The van der Waals surface area contributed by atoms with E-state index >= 15 is 0 Å². The first-order chi connectivity index (χ1) is 32.7. The second kappa shape index (κ2) is 15.3. The molecule has 0 bridgehead atoms. The summed E-state index contributed by atoms with van der Waals surface area (Å²) in [6.45, 7) is 27.9. The van der Waals surface area contributed by atoms with Gasteiger partial charge in [0, 0.05) is 49.4 Å². The molecule has 3 heterocycles. The number of hydrogen-bond acceptors (Lipinski definition) is 1. The molecule has 0 aliphatic rings. The lowest BCUT2D eigenvalue weighted by Gasteiger charge is -2.27. The van der Waals surface area contributed by atoms with Gasteiger partial charge in [0.25, 0.3) is 0 Å². The summed E-state index contributed by atoms with van der Waals surface area (Å²) in [7, 11) is 0. The molecule has 0 fully saturated rings. The number of para-hydroxylation sites is 2. The first kappa shape index (κ1) is 44.2. The molecule has 3 aromatic heterocycles. The van der Waals surface area contributed by atoms with E-state index < -0.39 is 0 Å². The first-order valence-corrected chi connectivity index (χ1v) is 24.6. The molecule has 342 valence electrons. The highest BCUT2D eigenvalue weighted by atomic mass is 15.0. The molecular formula is C65H62N4. The van der Waals surface area contributed by atoms with Crippen molar-refractivity contribution in [1.29, 1.82) is 5.26 Å². The molecule has 8 aromatic carbocycles. The van der Waals surface area contributed by atoms with Crippen LogP contribution in [-0.2, 0) is 21.7 Å². The van der Waals surface area contributed by atoms with E-state index in [1.807, 2.05) is 18.2 Å². The summed E-state index contributed by atoms with van der Waals surface area (Å²) >= 11 is 0. The van der Waals surface area contributed by atoms with E-state index in [-0.39, 0.29) is 21.7 Å². The monoisotopic (exact) mass is 898 g/mol. The van der Waals surface area contributed by atoms with Gasteiger partial charge in [0.05, 0.1) is 44.7 Å². The van der Waals surface area contributed by atoms with Crippen LogP contribution in [0.5, 0.6) is 0 Å². The Balaban J connectivity index is 1.35. The maximum absolute atomic E-state index is 10.5. The number of rotatable bonds is 4. The molecular weight excluding hydrogens is 837 g/mol. The van der Waals surface area contributed by atoms with E-state index in [0.29, 0.717) is 5.56 Å². The van der Waals surface area contributed by atoms with Crippen LogP contribution < -0.4 is 0 Å². The fraction of sp³-hybridized carbons (Fsp3) is 0.246. The van der Waals surface area contributed by atoms with Crippen LogP contribution in [0.1, 0.15) is 111 Å². The minimum Gasteiger partial charge on any atom is -0.309 e. The number of hydrogen-bond donors (Lipinski definition) is 0. The molecule has 0 saturated heterocycles. The van der Waals surface area contributed by atoms with Gasteiger partial charge in [-0.25, -0.2) is 0 Å². The molecule has 11 rings (SSSR count). The van der Waals surface area contributed by atoms with Crippen molar-refractivity contribution >= 4 is 65.4 Å². The van der Waals surface area contributed by atoms with E-state index in [1.165, 1.54) is 82.3 Å². The summed E-state index contributed by atoms with van der Waals surface area (Å²) < 4.78 is 7.53. The molecule has 69 heavy (non-hydrogen) atoms. The van der Waals surface area contributed by atoms with Gasteiger partial charge in [-0.05, 0) is 122 Å². The topological polar surface area (TPSA) is 38.6 Å². The summed E-state index contributed by atoms with van der Waals surface area (Å²) in [6.07, 6.45) is 0. The minimum absolute atomic E-state index is 0.0408. The summed E-state index contributed by atoms with van der Waals surface area (Å²) in [5.41, 5.74) is 18.0. The van der Waals surface area contributed by atoms with Crippen molar-refractivity contribution in [3.8, 4) is 34.3 Å². The maximum Gasteiger partial charge on any atom is 0.0992 e. The molecule has 0 N–H and O–H groups in total. The smallest absolute Gasteiger partial charge is 0.0992 e. The minimum atomic E-state index is -0.101. The van der Waals surface area contributed by atoms with Gasteiger partial charge >= 0.3 is 0 Å². The lowest BCUT2D eigenvalue weighted by atomic mass is 9.80.